The summed E-state index contributed by atoms with van der Waals surface area (Å²) in [5.74, 6) is 0. The summed E-state index contributed by atoms with van der Waals surface area (Å²) in [6.45, 7) is 3.71. The number of nitrogens with zero attached hydrogens (tertiary/aromatic N) is 2. The number of benzene rings is 1. The lowest BCUT2D eigenvalue weighted by Gasteiger charge is -2.28. The maximum atomic E-state index is 12.7. The van der Waals surface area contributed by atoms with Gasteiger partial charge in [-0.2, -0.15) is 0 Å². The van der Waals surface area contributed by atoms with Gasteiger partial charge < -0.3 is 4.74 Å². The third-order valence-electron chi connectivity index (χ3n) is 4.44. The van der Waals surface area contributed by atoms with Gasteiger partial charge in [0.15, 0.2) is 0 Å². The van der Waals surface area contributed by atoms with Crippen LogP contribution in [0.25, 0.3) is 0 Å². The average Bonchev–Trinajstić information content (AvgIpc) is 2.59. The average molecular weight is 361 g/mol. The minimum Gasteiger partial charge on any atom is -0.460 e. The highest BCUT2D eigenvalue weighted by atomic mass is 32.2. The monoisotopic (exact) mass is 361 g/mol. The molecule has 1 heterocycles. The van der Waals surface area contributed by atoms with Crippen molar-refractivity contribution in [3.05, 3.63) is 47.8 Å². The van der Waals surface area contributed by atoms with Crippen molar-refractivity contribution in [3.63, 3.8) is 0 Å². The zero-order chi connectivity index (χ0) is 17.9. The molecule has 0 atom stereocenters. The van der Waals surface area contributed by atoms with Gasteiger partial charge in [-0.3, -0.25) is 0 Å². The van der Waals surface area contributed by atoms with Gasteiger partial charge >= 0.3 is 6.01 Å². The Balaban J connectivity index is 1.59. The van der Waals surface area contributed by atoms with E-state index in [0.29, 0.717) is 10.9 Å². The summed E-state index contributed by atoms with van der Waals surface area (Å²) in [6, 6.07) is 7.53. The molecule has 1 aliphatic rings. The molecule has 3 rings (SSSR count). The highest BCUT2D eigenvalue weighted by Crippen LogP contribution is 2.24. The van der Waals surface area contributed by atoms with Gasteiger partial charge in [-0.05, 0) is 62.8 Å². The number of ether oxygens (including phenoxy) is 1. The van der Waals surface area contributed by atoms with E-state index < -0.39 is 10.0 Å². The van der Waals surface area contributed by atoms with E-state index in [0.717, 1.165) is 36.8 Å². The first-order valence-electron chi connectivity index (χ1n) is 8.47. The molecule has 1 aromatic carbocycles. The first-order valence-corrected chi connectivity index (χ1v) is 9.95. The Morgan fingerprint density at radius 2 is 1.76 bits per heavy atom. The van der Waals surface area contributed by atoms with E-state index in [9.17, 15) is 8.42 Å². The van der Waals surface area contributed by atoms with Gasteiger partial charge in [0.2, 0.25) is 10.0 Å². The molecule has 6 nitrogen and oxygen atoms in total. The van der Waals surface area contributed by atoms with Crippen LogP contribution in [0.2, 0.25) is 0 Å². The van der Waals surface area contributed by atoms with Gasteiger partial charge in [-0.25, -0.2) is 23.1 Å². The second-order valence-corrected chi connectivity index (χ2v) is 8.20. The maximum Gasteiger partial charge on any atom is 0.316 e. The number of aromatic nitrogens is 2. The lowest BCUT2D eigenvalue weighted by Crippen LogP contribution is -2.40. The number of hydrogen-bond acceptors (Lipinski definition) is 5. The molecule has 0 amide bonds. The molecule has 7 heteroatoms. The fourth-order valence-electron chi connectivity index (χ4n) is 3.07. The first-order chi connectivity index (χ1) is 11.9. The molecule has 1 saturated carbocycles. The largest absolute Gasteiger partial charge is 0.460 e. The lowest BCUT2D eigenvalue weighted by atomic mass is 9.94. The van der Waals surface area contributed by atoms with Crippen molar-refractivity contribution in [1.82, 2.24) is 14.7 Å². The van der Waals surface area contributed by atoms with Crippen LogP contribution in [0.15, 0.2) is 41.6 Å². The summed E-state index contributed by atoms with van der Waals surface area (Å²) < 4.78 is 34.0. The van der Waals surface area contributed by atoms with Gasteiger partial charge in [0.05, 0.1) is 4.90 Å². The predicted octanol–water partition coefficient (Wildman–Crippen LogP) is 2.76. The standard InChI is InChI=1S/C18H23N3O3S/c1-13-4-5-14(2)17(12-13)25(22,23)21-15-6-8-16(9-7-15)24-18-19-10-3-11-20-18/h3-5,10-12,15-16,21H,6-9H2,1-2H3. The number of rotatable bonds is 5. The van der Waals surface area contributed by atoms with Crippen LogP contribution in [0.3, 0.4) is 0 Å². The summed E-state index contributed by atoms with van der Waals surface area (Å²) >= 11 is 0. The third-order valence-corrected chi connectivity index (χ3v) is 6.11. The number of hydrogen-bond donors (Lipinski definition) is 1. The fourth-order valence-corrected chi connectivity index (χ4v) is 4.71. The molecule has 134 valence electrons. The van der Waals surface area contributed by atoms with Gasteiger partial charge in [-0.1, -0.05) is 12.1 Å². The quantitative estimate of drug-likeness (QED) is 0.886. The van der Waals surface area contributed by atoms with Crippen LogP contribution in [0.4, 0.5) is 0 Å². The smallest absolute Gasteiger partial charge is 0.316 e. The van der Waals surface area contributed by atoms with Gasteiger partial charge in [0.25, 0.3) is 0 Å². The zero-order valence-electron chi connectivity index (χ0n) is 14.5. The van der Waals surface area contributed by atoms with Gasteiger partial charge in [0, 0.05) is 18.4 Å². The molecule has 1 N–H and O–H groups in total. The summed E-state index contributed by atoms with van der Waals surface area (Å²) in [5.41, 5.74) is 1.70. The first kappa shape index (κ1) is 17.8. The Labute approximate surface area is 148 Å². The van der Waals surface area contributed by atoms with E-state index in [1.54, 1.807) is 24.5 Å². The van der Waals surface area contributed by atoms with Crippen LogP contribution in [-0.2, 0) is 10.0 Å². The number of sulfonamides is 1. The molecular weight excluding hydrogens is 338 g/mol. The Hall–Kier alpha value is -1.99. The molecule has 0 unspecified atom stereocenters. The Bertz CT molecular complexity index is 817. The molecule has 0 radical (unpaired) electrons. The van der Waals surface area contributed by atoms with Crippen molar-refractivity contribution >= 4 is 10.0 Å². The van der Waals surface area contributed by atoms with Gasteiger partial charge in [0.1, 0.15) is 6.10 Å². The Kier molecular flexibility index (Phi) is 5.34. The van der Waals surface area contributed by atoms with E-state index in [1.807, 2.05) is 26.0 Å². The summed E-state index contributed by atoms with van der Waals surface area (Å²) in [5, 5.41) is 0. The molecule has 0 aliphatic heterocycles. The SMILES string of the molecule is Cc1ccc(C)c(S(=O)(=O)NC2CCC(Oc3ncccn3)CC2)c1. The van der Waals surface area contributed by atoms with Crippen molar-refractivity contribution in [2.24, 2.45) is 0 Å². The second-order valence-electron chi connectivity index (χ2n) is 6.51. The van der Waals surface area contributed by atoms with Crippen LogP contribution in [-0.4, -0.2) is 30.5 Å². The van der Waals surface area contributed by atoms with Crippen LogP contribution < -0.4 is 9.46 Å². The molecule has 0 saturated heterocycles. The lowest BCUT2D eigenvalue weighted by molar-refractivity contribution is 0.132. The van der Waals surface area contributed by atoms with Crippen LogP contribution >= 0.6 is 0 Å². The van der Waals surface area contributed by atoms with Crippen LogP contribution in [0.1, 0.15) is 36.8 Å². The minimum absolute atomic E-state index is 0.0314. The molecule has 1 aromatic heterocycles. The van der Waals surface area contributed by atoms with Gasteiger partial charge in [-0.15, -0.1) is 0 Å². The van der Waals surface area contributed by atoms with E-state index in [2.05, 4.69) is 14.7 Å². The number of nitrogens with one attached hydrogen (secondary N) is 1. The van der Waals surface area contributed by atoms with Crippen LogP contribution in [0, 0.1) is 13.8 Å². The van der Waals surface area contributed by atoms with Crippen molar-refractivity contribution in [2.75, 3.05) is 0 Å². The fraction of sp³-hybridized carbons (Fsp3) is 0.444. The van der Waals surface area contributed by atoms with Crippen molar-refractivity contribution < 1.29 is 13.2 Å². The molecule has 1 fully saturated rings. The highest BCUT2D eigenvalue weighted by molar-refractivity contribution is 7.89. The van der Waals surface area contributed by atoms with E-state index >= 15 is 0 Å². The minimum atomic E-state index is -3.50. The number of aryl methyl sites for hydroxylation is 2. The normalized spacial score (nSPS) is 21.0. The molecular formula is C18H23N3O3S. The highest BCUT2D eigenvalue weighted by Gasteiger charge is 2.27. The van der Waals surface area contributed by atoms with E-state index in [4.69, 9.17) is 4.74 Å². The summed E-state index contributed by atoms with van der Waals surface area (Å²) in [4.78, 5) is 8.49. The Morgan fingerprint density at radius 3 is 2.44 bits per heavy atom. The molecule has 25 heavy (non-hydrogen) atoms. The topological polar surface area (TPSA) is 81.2 Å². The molecule has 2 aromatic rings. The zero-order valence-corrected chi connectivity index (χ0v) is 15.3. The molecule has 1 aliphatic carbocycles. The van der Waals surface area contributed by atoms with E-state index in [1.165, 1.54) is 0 Å². The molecule has 0 bridgehead atoms. The second kappa shape index (κ2) is 7.49. The van der Waals surface area contributed by atoms with E-state index in [-0.39, 0.29) is 12.1 Å². The third kappa shape index (κ3) is 4.55. The maximum absolute atomic E-state index is 12.7. The van der Waals surface area contributed by atoms with Crippen LogP contribution in [0.5, 0.6) is 6.01 Å². The Morgan fingerprint density at radius 1 is 1.08 bits per heavy atom. The summed E-state index contributed by atoms with van der Waals surface area (Å²) in [6.07, 6.45) is 6.35. The molecule has 0 spiro atoms. The van der Waals surface area contributed by atoms with Crippen molar-refractivity contribution in [2.45, 2.75) is 56.6 Å². The van der Waals surface area contributed by atoms with Crippen molar-refractivity contribution in [3.8, 4) is 6.01 Å². The summed E-state index contributed by atoms with van der Waals surface area (Å²) in [7, 11) is -3.50. The predicted molar refractivity (Wildman–Crippen MR) is 94.9 cm³/mol. The van der Waals surface area contributed by atoms with Crippen molar-refractivity contribution in [1.29, 1.82) is 0 Å².